The van der Waals surface area contributed by atoms with Crippen LogP contribution >= 0.6 is 0 Å². The summed E-state index contributed by atoms with van der Waals surface area (Å²) in [6.07, 6.45) is 0. The lowest BCUT2D eigenvalue weighted by Gasteiger charge is -2.12. The van der Waals surface area contributed by atoms with Gasteiger partial charge in [0, 0.05) is 37.9 Å². The molecule has 4 heterocycles. The maximum absolute atomic E-state index is 9.10. The van der Waals surface area contributed by atoms with Gasteiger partial charge < -0.3 is 4.42 Å². The highest BCUT2D eigenvalue weighted by molar-refractivity contribution is 6.13. The molecular weight excluding hydrogens is 627 g/mol. The largest absolute Gasteiger partial charge is 0.456 e. The van der Waals surface area contributed by atoms with Crippen molar-refractivity contribution in [2.45, 2.75) is 0 Å². The third kappa shape index (κ3) is 4.14. The second kappa shape index (κ2) is 10.7. The van der Waals surface area contributed by atoms with Crippen molar-refractivity contribution >= 4 is 65.6 Å². The highest BCUT2D eigenvalue weighted by Gasteiger charge is 2.21. The van der Waals surface area contributed by atoms with Crippen molar-refractivity contribution < 1.29 is 15.4 Å². The van der Waals surface area contributed by atoms with Gasteiger partial charge in [0.05, 0.1) is 33.0 Å². The second-order valence-electron chi connectivity index (χ2n) is 12.3. The number of rotatable bonds is 4. The SMILES string of the molecule is [2H]c1cc2c3cccc([2H])c3n(-c3nc(-c4ccc5c(c4)oc4cccc(-c6ccccc6)c45)nc(-n4c5c([2H])cccc5c5cc([2H])c([2H])c([2H])c54)n3)c2c([2H])c1[2H]. The lowest BCUT2D eigenvalue weighted by atomic mass is 9.99. The van der Waals surface area contributed by atoms with Crippen molar-refractivity contribution in [2.24, 2.45) is 0 Å². The first-order valence-electron chi connectivity index (χ1n) is 20.4. The maximum Gasteiger partial charge on any atom is 0.240 e. The van der Waals surface area contributed by atoms with Crippen LogP contribution in [-0.4, -0.2) is 24.1 Å². The molecule has 0 fully saturated rings. The Morgan fingerprint density at radius 3 is 1.73 bits per heavy atom. The van der Waals surface area contributed by atoms with Gasteiger partial charge in [-0.1, -0.05) is 121 Å². The average molecular weight is 662 g/mol. The summed E-state index contributed by atoms with van der Waals surface area (Å²) in [4.78, 5) is 15.0. The molecule has 0 atom stereocenters. The summed E-state index contributed by atoms with van der Waals surface area (Å²) in [5, 5.41) is 3.91. The Balaban J connectivity index is 1.26. The van der Waals surface area contributed by atoms with Crippen LogP contribution in [0.5, 0.6) is 0 Å². The third-order valence-electron chi connectivity index (χ3n) is 9.44. The Labute approximate surface area is 302 Å². The Bertz CT molecular complexity index is 3460. The zero-order valence-corrected chi connectivity index (χ0v) is 26.6. The van der Waals surface area contributed by atoms with Gasteiger partial charge in [-0.3, -0.25) is 9.13 Å². The van der Waals surface area contributed by atoms with E-state index in [9.17, 15) is 0 Å². The number of furan rings is 1. The van der Waals surface area contributed by atoms with Crippen molar-refractivity contribution in [2.75, 3.05) is 0 Å². The van der Waals surface area contributed by atoms with E-state index in [0.29, 0.717) is 49.3 Å². The molecule has 0 bridgehead atoms. The standard InChI is InChI=1S/C45H27N5O/c1-2-13-28(14-3-1)30-19-12-24-40-42(30)35-26-25-29(27-41(35)51-40)43-46-44(49-36-20-8-4-15-31(36)32-16-5-9-21-37(32)49)48-45(47-43)50-38-22-10-6-17-33(38)34-18-7-11-23-39(34)50/h1-27H/i4D,6D,8D,10D,20D,21D,22D,23D. The fraction of sp³-hybridized carbons (Fsp3) is 0. The van der Waals surface area contributed by atoms with Gasteiger partial charge in [0.1, 0.15) is 11.2 Å². The van der Waals surface area contributed by atoms with E-state index in [2.05, 4.69) is 18.2 Å². The Kier molecular flexibility index (Phi) is 4.44. The van der Waals surface area contributed by atoms with Crippen molar-refractivity contribution in [3.8, 4) is 34.4 Å². The van der Waals surface area contributed by atoms with Crippen LogP contribution in [0, 0.1) is 0 Å². The van der Waals surface area contributed by atoms with Gasteiger partial charge in [0.25, 0.3) is 0 Å². The molecule has 6 nitrogen and oxygen atoms in total. The molecule has 0 radical (unpaired) electrons. The molecule has 11 aromatic rings. The zero-order valence-electron chi connectivity index (χ0n) is 34.6. The summed E-state index contributed by atoms with van der Waals surface area (Å²) in [6.45, 7) is 0. The van der Waals surface area contributed by atoms with Crippen LogP contribution < -0.4 is 0 Å². The fourth-order valence-electron chi connectivity index (χ4n) is 7.23. The van der Waals surface area contributed by atoms with E-state index in [1.54, 1.807) is 45.5 Å². The van der Waals surface area contributed by atoms with E-state index in [4.69, 9.17) is 30.3 Å². The molecule has 0 saturated carbocycles. The molecule has 0 unspecified atom stereocenters. The minimum absolute atomic E-state index is 0.0152. The highest BCUT2D eigenvalue weighted by Crippen LogP contribution is 2.39. The van der Waals surface area contributed by atoms with Gasteiger partial charge in [-0.2, -0.15) is 15.0 Å². The normalized spacial score (nSPS) is 14.1. The number of aromatic nitrogens is 5. The molecule has 238 valence electrons. The maximum atomic E-state index is 9.10. The first-order chi connectivity index (χ1) is 28.6. The third-order valence-corrected chi connectivity index (χ3v) is 9.44. The second-order valence-corrected chi connectivity index (χ2v) is 12.3. The lowest BCUT2D eigenvalue weighted by Crippen LogP contribution is -2.10. The zero-order chi connectivity index (χ0) is 40.4. The quantitative estimate of drug-likeness (QED) is 0.188. The number of fused-ring (bicyclic) bond motifs is 9. The molecule has 0 saturated heterocycles. The number of nitrogens with zero attached hydrogens (tertiary/aromatic N) is 5. The summed E-state index contributed by atoms with van der Waals surface area (Å²) in [5.74, 6) is 0.132. The van der Waals surface area contributed by atoms with E-state index < -0.39 is 0 Å². The van der Waals surface area contributed by atoms with Gasteiger partial charge in [-0.15, -0.1) is 0 Å². The van der Waals surface area contributed by atoms with Crippen molar-refractivity contribution in [1.82, 2.24) is 24.1 Å². The van der Waals surface area contributed by atoms with Crippen LogP contribution in [-0.2, 0) is 0 Å². The van der Waals surface area contributed by atoms with Gasteiger partial charge in [-0.25, -0.2) is 0 Å². The lowest BCUT2D eigenvalue weighted by molar-refractivity contribution is 0.669. The molecular formula is C45H27N5O. The van der Waals surface area contributed by atoms with Crippen molar-refractivity contribution in [1.29, 1.82) is 0 Å². The van der Waals surface area contributed by atoms with Crippen LogP contribution in [0.15, 0.2) is 168 Å². The Hall–Kier alpha value is -7.05. The molecule has 0 spiro atoms. The van der Waals surface area contributed by atoms with Crippen LogP contribution in [0.4, 0.5) is 0 Å². The van der Waals surface area contributed by atoms with Crippen LogP contribution in [0.1, 0.15) is 11.0 Å². The van der Waals surface area contributed by atoms with Crippen molar-refractivity contribution in [3.63, 3.8) is 0 Å². The molecule has 0 N–H and O–H groups in total. The Morgan fingerprint density at radius 1 is 0.451 bits per heavy atom. The molecule has 11 rings (SSSR count). The number of benzene rings is 7. The van der Waals surface area contributed by atoms with E-state index >= 15 is 0 Å². The molecule has 0 aliphatic rings. The highest BCUT2D eigenvalue weighted by atomic mass is 16.3. The topological polar surface area (TPSA) is 61.7 Å². The first kappa shape index (κ1) is 21.1. The van der Waals surface area contributed by atoms with Gasteiger partial charge >= 0.3 is 0 Å². The molecule has 0 amide bonds. The predicted octanol–water partition coefficient (Wildman–Crippen LogP) is 11.3. The molecule has 51 heavy (non-hydrogen) atoms. The molecule has 0 aliphatic carbocycles. The average Bonchev–Trinajstić information content (AvgIpc) is 3.91. The van der Waals surface area contributed by atoms with Gasteiger partial charge in [-0.05, 0) is 53.5 Å². The summed E-state index contributed by atoms with van der Waals surface area (Å²) < 4.78 is 80.1. The molecule has 0 aliphatic heterocycles. The predicted molar refractivity (Wildman–Crippen MR) is 207 cm³/mol. The molecule has 4 aromatic heterocycles. The first-order valence-corrected chi connectivity index (χ1v) is 16.4. The van der Waals surface area contributed by atoms with Gasteiger partial charge in [0.2, 0.25) is 11.9 Å². The van der Waals surface area contributed by atoms with Crippen LogP contribution in [0.3, 0.4) is 0 Å². The van der Waals surface area contributed by atoms with Crippen LogP contribution in [0.2, 0.25) is 0 Å². The number of hydrogen-bond acceptors (Lipinski definition) is 4. The van der Waals surface area contributed by atoms with E-state index in [1.165, 1.54) is 12.1 Å². The monoisotopic (exact) mass is 661 g/mol. The molecule has 7 aromatic carbocycles. The number of para-hydroxylation sites is 4. The summed E-state index contributed by atoms with van der Waals surface area (Å²) in [6, 6.07) is 33.7. The van der Waals surface area contributed by atoms with Crippen LogP contribution in [0.25, 0.3) is 100.0 Å². The fourth-order valence-corrected chi connectivity index (χ4v) is 7.23. The Morgan fingerprint density at radius 2 is 1.06 bits per heavy atom. The number of hydrogen-bond donors (Lipinski definition) is 0. The smallest absolute Gasteiger partial charge is 0.240 e. The molecule has 6 heteroatoms. The van der Waals surface area contributed by atoms with Gasteiger partial charge in [0.15, 0.2) is 5.82 Å². The minimum atomic E-state index is -0.304. The summed E-state index contributed by atoms with van der Waals surface area (Å²) in [7, 11) is 0. The minimum Gasteiger partial charge on any atom is -0.456 e. The van der Waals surface area contributed by atoms with E-state index in [-0.39, 0.29) is 77.1 Å². The summed E-state index contributed by atoms with van der Waals surface area (Å²) >= 11 is 0. The summed E-state index contributed by atoms with van der Waals surface area (Å²) in [5.41, 5.74) is 5.01. The van der Waals surface area contributed by atoms with E-state index in [0.717, 1.165) is 21.9 Å². The van der Waals surface area contributed by atoms with Crippen molar-refractivity contribution in [3.05, 3.63) is 164 Å². The van der Waals surface area contributed by atoms with E-state index in [1.807, 2.05) is 48.5 Å².